The Balaban J connectivity index is 1.47. The average molecular weight is 434 g/mol. The molecule has 142 valence electrons. The van der Waals surface area contributed by atoms with Crippen molar-refractivity contribution in [2.45, 2.75) is 38.8 Å². The lowest BCUT2D eigenvalue weighted by molar-refractivity contribution is -0.125. The van der Waals surface area contributed by atoms with Crippen molar-refractivity contribution in [2.24, 2.45) is 0 Å². The molecule has 0 saturated heterocycles. The maximum absolute atomic E-state index is 12.6. The smallest absolute Gasteiger partial charge is 0.265 e. The van der Waals surface area contributed by atoms with Gasteiger partial charge in [0.1, 0.15) is 18.1 Å². The fourth-order valence-electron chi connectivity index (χ4n) is 3.50. The second-order valence-electron chi connectivity index (χ2n) is 6.75. The van der Waals surface area contributed by atoms with Crippen molar-refractivity contribution in [3.05, 3.63) is 34.3 Å². The quantitative estimate of drug-likeness (QED) is 0.795. The molecule has 0 saturated carbocycles. The van der Waals surface area contributed by atoms with Crippen molar-refractivity contribution in [1.82, 2.24) is 20.1 Å². The molecule has 2 aliphatic heterocycles. The molecule has 0 radical (unpaired) electrons. The third kappa shape index (κ3) is 3.55. The molecule has 0 bridgehead atoms. The van der Waals surface area contributed by atoms with Gasteiger partial charge in [-0.25, -0.2) is 0 Å². The molecule has 1 unspecified atom stereocenters. The molecule has 9 heteroatoms. The number of aryl methyl sites for hydroxylation is 1. The Morgan fingerprint density at radius 2 is 2.22 bits per heavy atom. The van der Waals surface area contributed by atoms with Crippen LogP contribution in [0.1, 0.15) is 37.5 Å². The van der Waals surface area contributed by atoms with Gasteiger partial charge < -0.3 is 14.6 Å². The highest BCUT2D eigenvalue weighted by Crippen LogP contribution is 2.34. The topological polar surface area (TPSA) is 89.3 Å². The van der Waals surface area contributed by atoms with Crippen LogP contribution >= 0.6 is 15.9 Å². The summed E-state index contributed by atoms with van der Waals surface area (Å²) in [7, 11) is 0. The minimum absolute atomic E-state index is 0.0673. The van der Waals surface area contributed by atoms with Crippen molar-refractivity contribution in [3.8, 4) is 5.75 Å². The monoisotopic (exact) mass is 433 g/mol. The number of rotatable bonds is 4. The first-order chi connectivity index (χ1) is 13.0. The van der Waals surface area contributed by atoms with E-state index in [2.05, 4.69) is 36.0 Å². The van der Waals surface area contributed by atoms with Crippen molar-refractivity contribution in [2.75, 3.05) is 18.1 Å². The lowest BCUT2D eigenvalue weighted by atomic mass is 10.1. The van der Waals surface area contributed by atoms with E-state index in [1.165, 1.54) is 4.90 Å². The third-order valence-corrected chi connectivity index (χ3v) is 5.31. The summed E-state index contributed by atoms with van der Waals surface area (Å²) in [6.45, 7) is 2.62. The van der Waals surface area contributed by atoms with Gasteiger partial charge in [-0.2, -0.15) is 0 Å². The SMILES string of the molecule is CC(NC(=O)CN1C(=O)COc2cc(Br)ccc21)c1nnc2n1CCCC2. The van der Waals surface area contributed by atoms with Crippen LogP contribution in [0.5, 0.6) is 5.75 Å². The molecule has 1 aromatic carbocycles. The molecule has 0 aliphatic carbocycles. The summed E-state index contributed by atoms with van der Waals surface area (Å²) >= 11 is 3.38. The van der Waals surface area contributed by atoms with Crippen LogP contribution in [0.3, 0.4) is 0 Å². The van der Waals surface area contributed by atoms with E-state index >= 15 is 0 Å². The zero-order chi connectivity index (χ0) is 19.0. The Morgan fingerprint density at radius 1 is 1.37 bits per heavy atom. The van der Waals surface area contributed by atoms with Gasteiger partial charge in [-0.05, 0) is 38.0 Å². The molecule has 8 nitrogen and oxygen atoms in total. The normalized spacial score (nSPS) is 17.0. The second-order valence-corrected chi connectivity index (χ2v) is 7.67. The van der Waals surface area contributed by atoms with Gasteiger partial charge >= 0.3 is 0 Å². The highest BCUT2D eigenvalue weighted by Gasteiger charge is 2.28. The number of amides is 2. The van der Waals surface area contributed by atoms with Crippen LogP contribution in [0, 0.1) is 0 Å². The van der Waals surface area contributed by atoms with Crippen LogP contribution < -0.4 is 15.0 Å². The van der Waals surface area contributed by atoms with Gasteiger partial charge in [-0.15, -0.1) is 10.2 Å². The summed E-state index contributed by atoms with van der Waals surface area (Å²) < 4.78 is 8.39. The van der Waals surface area contributed by atoms with E-state index in [-0.39, 0.29) is 31.0 Å². The number of carbonyl (C=O) groups is 2. The Bertz CT molecular complexity index is 897. The number of aromatic nitrogens is 3. The van der Waals surface area contributed by atoms with Gasteiger partial charge in [0.2, 0.25) is 5.91 Å². The van der Waals surface area contributed by atoms with Gasteiger partial charge in [0.25, 0.3) is 5.91 Å². The number of carbonyl (C=O) groups excluding carboxylic acids is 2. The molecule has 3 heterocycles. The number of halogens is 1. The fourth-order valence-corrected chi connectivity index (χ4v) is 3.84. The zero-order valence-electron chi connectivity index (χ0n) is 14.9. The van der Waals surface area contributed by atoms with Gasteiger partial charge in [0, 0.05) is 17.4 Å². The first-order valence-corrected chi connectivity index (χ1v) is 9.76. The second kappa shape index (κ2) is 7.30. The summed E-state index contributed by atoms with van der Waals surface area (Å²) in [6.07, 6.45) is 3.13. The van der Waals surface area contributed by atoms with Crippen LogP contribution in [0.25, 0.3) is 0 Å². The van der Waals surface area contributed by atoms with Gasteiger partial charge in [0.15, 0.2) is 12.4 Å². The lowest BCUT2D eigenvalue weighted by Crippen LogP contribution is -2.45. The van der Waals surface area contributed by atoms with E-state index in [0.29, 0.717) is 11.4 Å². The number of nitrogens with one attached hydrogen (secondary N) is 1. The highest BCUT2D eigenvalue weighted by molar-refractivity contribution is 9.10. The summed E-state index contributed by atoms with van der Waals surface area (Å²) in [5.41, 5.74) is 0.595. The van der Waals surface area contributed by atoms with Gasteiger partial charge in [-0.1, -0.05) is 15.9 Å². The van der Waals surface area contributed by atoms with E-state index in [4.69, 9.17) is 4.74 Å². The number of benzene rings is 1. The number of fused-ring (bicyclic) bond motifs is 2. The van der Waals surface area contributed by atoms with Crippen molar-refractivity contribution < 1.29 is 14.3 Å². The van der Waals surface area contributed by atoms with Crippen molar-refractivity contribution >= 4 is 33.4 Å². The van der Waals surface area contributed by atoms with Crippen molar-refractivity contribution in [3.63, 3.8) is 0 Å². The van der Waals surface area contributed by atoms with Crippen molar-refractivity contribution in [1.29, 1.82) is 0 Å². The Labute approximate surface area is 165 Å². The number of ether oxygens (including phenoxy) is 1. The minimum Gasteiger partial charge on any atom is -0.482 e. The number of anilines is 1. The van der Waals surface area contributed by atoms with Crippen LogP contribution in [0.2, 0.25) is 0 Å². The predicted molar refractivity (Wildman–Crippen MR) is 102 cm³/mol. The van der Waals surface area contributed by atoms with E-state index in [0.717, 1.165) is 41.9 Å². The Hall–Kier alpha value is -2.42. The van der Waals surface area contributed by atoms with Crippen LogP contribution in [-0.4, -0.2) is 39.7 Å². The lowest BCUT2D eigenvalue weighted by Gasteiger charge is -2.29. The fraction of sp³-hybridized carbons (Fsp3) is 0.444. The molecule has 0 spiro atoms. The van der Waals surface area contributed by atoms with Gasteiger partial charge in [-0.3, -0.25) is 14.5 Å². The summed E-state index contributed by atoms with van der Waals surface area (Å²) in [5.74, 6) is 1.82. The molecule has 1 N–H and O–H groups in total. The van der Waals surface area contributed by atoms with Crippen LogP contribution in [0.15, 0.2) is 22.7 Å². The molecule has 0 fully saturated rings. The molecule has 27 heavy (non-hydrogen) atoms. The molecule has 4 rings (SSSR count). The van der Waals surface area contributed by atoms with E-state index in [1.54, 1.807) is 12.1 Å². The summed E-state index contributed by atoms with van der Waals surface area (Å²) in [6, 6.07) is 5.09. The Kier molecular flexibility index (Phi) is 4.86. The van der Waals surface area contributed by atoms with Crippen LogP contribution in [-0.2, 0) is 22.6 Å². The zero-order valence-corrected chi connectivity index (χ0v) is 16.5. The first-order valence-electron chi connectivity index (χ1n) is 8.97. The molecule has 2 amide bonds. The molecule has 2 aromatic rings. The van der Waals surface area contributed by atoms with E-state index in [1.807, 2.05) is 13.0 Å². The number of nitrogens with zero attached hydrogens (tertiary/aromatic N) is 4. The van der Waals surface area contributed by atoms with E-state index < -0.39 is 0 Å². The first kappa shape index (κ1) is 18.0. The summed E-state index contributed by atoms with van der Waals surface area (Å²) in [5, 5.41) is 11.4. The number of hydrogen-bond donors (Lipinski definition) is 1. The molecule has 1 atom stereocenters. The maximum atomic E-state index is 12.6. The Morgan fingerprint density at radius 3 is 3.07 bits per heavy atom. The minimum atomic E-state index is -0.280. The molecular formula is C18H20BrN5O3. The predicted octanol–water partition coefficient (Wildman–Crippen LogP) is 1.98. The number of hydrogen-bond acceptors (Lipinski definition) is 5. The van der Waals surface area contributed by atoms with E-state index in [9.17, 15) is 9.59 Å². The molecular weight excluding hydrogens is 414 g/mol. The standard InChI is InChI=1S/C18H20BrN5O3/c1-11(18-22-21-15-4-2-3-7-23(15)18)20-16(25)9-24-13-6-5-12(19)8-14(13)27-10-17(24)26/h5-6,8,11H,2-4,7,9-10H2,1H3,(H,20,25). The summed E-state index contributed by atoms with van der Waals surface area (Å²) in [4.78, 5) is 26.3. The largest absolute Gasteiger partial charge is 0.482 e. The molecule has 1 aromatic heterocycles. The maximum Gasteiger partial charge on any atom is 0.265 e. The molecule has 2 aliphatic rings. The average Bonchev–Trinajstić information content (AvgIpc) is 3.08. The van der Waals surface area contributed by atoms with Crippen LogP contribution in [0.4, 0.5) is 5.69 Å². The highest BCUT2D eigenvalue weighted by atomic mass is 79.9. The van der Waals surface area contributed by atoms with Gasteiger partial charge in [0.05, 0.1) is 11.7 Å². The third-order valence-electron chi connectivity index (χ3n) is 4.82.